The number of hydrogen-bond acceptors (Lipinski definition) is 3. The van der Waals surface area contributed by atoms with E-state index in [1.165, 1.54) is 12.8 Å². The topological polar surface area (TPSA) is 42.5 Å². The van der Waals surface area contributed by atoms with E-state index in [0.717, 1.165) is 28.1 Å². The Morgan fingerprint density at radius 3 is 2.95 bits per heavy atom. The number of ether oxygens (including phenoxy) is 2. The lowest BCUT2D eigenvalue weighted by Gasteiger charge is -2.16. The monoisotopic (exact) mass is 278 g/mol. The van der Waals surface area contributed by atoms with Gasteiger partial charge in [0.2, 0.25) is 6.79 Å². The fourth-order valence-electron chi connectivity index (χ4n) is 2.21. The van der Waals surface area contributed by atoms with Crippen LogP contribution in [0.5, 0.6) is 11.5 Å². The minimum atomic E-state index is 0.311. The average molecular weight is 278 g/mol. The lowest BCUT2D eigenvalue weighted by Crippen LogP contribution is -2.41. The van der Waals surface area contributed by atoms with Crippen LogP contribution in [-0.4, -0.2) is 17.9 Å². The van der Waals surface area contributed by atoms with Crippen LogP contribution in [0.25, 0.3) is 0 Å². The SMILES string of the molecule is C[C@H](NC(=S)NCc1ccc2c(c1)OCO2)C1CC1. The summed E-state index contributed by atoms with van der Waals surface area (Å²) in [7, 11) is 0. The molecule has 102 valence electrons. The average Bonchev–Trinajstić information content (AvgIpc) is 3.15. The Morgan fingerprint density at radius 2 is 2.16 bits per heavy atom. The van der Waals surface area contributed by atoms with Gasteiger partial charge in [-0.25, -0.2) is 0 Å². The van der Waals surface area contributed by atoms with Crippen LogP contribution in [-0.2, 0) is 6.54 Å². The van der Waals surface area contributed by atoms with Gasteiger partial charge in [-0.15, -0.1) is 0 Å². The molecule has 1 aliphatic heterocycles. The van der Waals surface area contributed by atoms with Gasteiger partial charge in [-0.2, -0.15) is 0 Å². The van der Waals surface area contributed by atoms with E-state index in [1.54, 1.807) is 0 Å². The molecular formula is C14H18N2O2S. The zero-order valence-corrected chi connectivity index (χ0v) is 11.8. The Balaban J connectivity index is 1.50. The van der Waals surface area contributed by atoms with Gasteiger partial charge in [0, 0.05) is 12.6 Å². The highest BCUT2D eigenvalue weighted by molar-refractivity contribution is 7.80. The second-order valence-electron chi connectivity index (χ2n) is 5.14. The summed E-state index contributed by atoms with van der Waals surface area (Å²) in [5, 5.41) is 7.28. The van der Waals surface area contributed by atoms with E-state index in [9.17, 15) is 0 Å². The molecule has 1 aromatic carbocycles. The molecule has 1 heterocycles. The first-order chi connectivity index (χ1) is 9.22. The van der Waals surface area contributed by atoms with E-state index in [2.05, 4.69) is 17.6 Å². The van der Waals surface area contributed by atoms with E-state index in [1.807, 2.05) is 18.2 Å². The third-order valence-corrected chi connectivity index (χ3v) is 3.84. The molecule has 4 nitrogen and oxygen atoms in total. The number of fused-ring (bicyclic) bond motifs is 1. The van der Waals surface area contributed by atoms with Crippen molar-refractivity contribution in [1.29, 1.82) is 0 Å². The fraction of sp³-hybridized carbons (Fsp3) is 0.500. The van der Waals surface area contributed by atoms with E-state index in [0.29, 0.717) is 19.4 Å². The number of rotatable bonds is 4. The molecule has 1 aromatic rings. The maximum atomic E-state index is 5.35. The van der Waals surface area contributed by atoms with Crippen LogP contribution in [0.1, 0.15) is 25.3 Å². The highest BCUT2D eigenvalue weighted by atomic mass is 32.1. The first kappa shape index (κ1) is 12.5. The van der Waals surface area contributed by atoms with Gasteiger partial charge in [-0.3, -0.25) is 0 Å². The quantitative estimate of drug-likeness (QED) is 0.826. The van der Waals surface area contributed by atoms with Gasteiger partial charge in [0.05, 0.1) is 0 Å². The third-order valence-electron chi connectivity index (χ3n) is 3.58. The maximum absolute atomic E-state index is 5.35. The summed E-state index contributed by atoms with van der Waals surface area (Å²) in [4.78, 5) is 0. The number of hydrogen-bond donors (Lipinski definition) is 2. The minimum Gasteiger partial charge on any atom is -0.454 e. The molecule has 1 aliphatic carbocycles. The summed E-state index contributed by atoms with van der Waals surface area (Å²) < 4.78 is 10.6. The van der Waals surface area contributed by atoms with Crippen molar-refractivity contribution in [1.82, 2.24) is 10.6 Å². The molecule has 0 saturated heterocycles. The van der Waals surface area contributed by atoms with Crippen LogP contribution in [0.3, 0.4) is 0 Å². The second kappa shape index (κ2) is 5.25. The molecule has 0 bridgehead atoms. The molecule has 3 rings (SSSR count). The molecule has 0 spiro atoms. The Bertz CT molecular complexity index is 488. The lowest BCUT2D eigenvalue weighted by molar-refractivity contribution is 0.174. The molecule has 0 amide bonds. The molecule has 1 saturated carbocycles. The van der Waals surface area contributed by atoms with Crippen molar-refractivity contribution in [3.05, 3.63) is 23.8 Å². The molecule has 0 radical (unpaired) electrons. The van der Waals surface area contributed by atoms with Crippen molar-refractivity contribution in [2.75, 3.05) is 6.79 Å². The van der Waals surface area contributed by atoms with Crippen molar-refractivity contribution in [3.63, 3.8) is 0 Å². The summed E-state index contributed by atoms with van der Waals surface area (Å²) >= 11 is 5.30. The minimum absolute atomic E-state index is 0.311. The first-order valence-electron chi connectivity index (χ1n) is 6.65. The fourth-order valence-corrected chi connectivity index (χ4v) is 2.46. The van der Waals surface area contributed by atoms with Gasteiger partial charge in [-0.05, 0) is 55.6 Å². The normalized spacial score (nSPS) is 17.9. The van der Waals surface area contributed by atoms with Gasteiger partial charge in [0.25, 0.3) is 0 Å². The van der Waals surface area contributed by atoms with Crippen LogP contribution in [0, 0.1) is 5.92 Å². The molecule has 19 heavy (non-hydrogen) atoms. The summed E-state index contributed by atoms with van der Waals surface area (Å²) in [5.41, 5.74) is 1.13. The molecule has 1 atom stereocenters. The predicted octanol–water partition coefficient (Wildman–Crippen LogP) is 2.18. The molecule has 0 aromatic heterocycles. The molecule has 2 N–H and O–H groups in total. The van der Waals surface area contributed by atoms with E-state index in [-0.39, 0.29) is 0 Å². The summed E-state index contributed by atoms with van der Waals surface area (Å²) in [6.45, 7) is 3.19. The lowest BCUT2D eigenvalue weighted by atomic mass is 10.2. The van der Waals surface area contributed by atoms with E-state index >= 15 is 0 Å². The molecule has 1 fully saturated rings. The zero-order valence-electron chi connectivity index (χ0n) is 10.9. The second-order valence-corrected chi connectivity index (χ2v) is 5.55. The van der Waals surface area contributed by atoms with Crippen molar-refractivity contribution < 1.29 is 9.47 Å². The van der Waals surface area contributed by atoms with Gasteiger partial charge >= 0.3 is 0 Å². The van der Waals surface area contributed by atoms with Crippen LogP contribution >= 0.6 is 12.2 Å². The summed E-state index contributed by atoms with van der Waals surface area (Å²) in [6, 6.07) is 6.41. The van der Waals surface area contributed by atoms with E-state index < -0.39 is 0 Å². The van der Waals surface area contributed by atoms with Crippen LogP contribution in [0.2, 0.25) is 0 Å². The highest BCUT2D eigenvalue weighted by Gasteiger charge is 2.28. The van der Waals surface area contributed by atoms with Gasteiger partial charge in [0.15, 0.2) is 16.6 Å². The first-order valence-corrected chi connectivity index (χ1v) is 7.06. The summed E-state index contributed by atoms with van der Waals surface area (Å²) in [6.07, 6.45) is 2.64. The standard InChI is InChI=1S/C14H18N2O2S/c1-9(11-3-4-11)16-14(19)15-7-10-2-5-12-13(6-10)18-8-17-12/h2,5-6,9,11H,3-4,7-8H2,1H3,(H2,15,16,19)/t9-/m0/s1. The Morgan fingerprint density at radius 1 is 1.37 bits per heavy atom. The van der Waals surface area contributed by atoms with Crippen molar-refractivity contribution >= 4 is 17.3 Å². The summed E-state index contributed by atoms with van der Waals surface area (Å²) in [5.74, 6) is 2.42. The maximum Gasteiger partial charge on any atom is 0.231 e. The van der Waals surface area contributed by atoms with Crippen LogP contribution in [0.15, 0.2) is 18.2 Å². The third kappa shape index (κ3) is 3.10. The van der Waals surface area contributed by atoms with Gasteiger partial charge < -0.3 is 20.1 Å². The van der Waals surface area contributed by atoms with Crippen molar-refractivity contribution in [2.24, 2.45) is 5.92 Å². The van der Waals surface area contributed by atoms with Crippen molar-refractivity contribution in [2.45, 2.75) is 32.4 Å². The van der Waals surface area contributed by atoms with Gasteiger partial charge in [-0.1, -0.05) is 6.07 Å². The molecule has 0 unspecified atom stereocenters. The molecule has 5 heteroatoms. The number of nitrogens with one attached hydrogen (secondary N) is 2. The van der Waals surface area contributed by atoms with Crippen LogP contribution in [0.4, 0.5) is 0 Å². The number of benzene rings is 1. The Hall–Kier alpha value is -1.49. The van der Waals surface area contributed by atoms with E-state index in [4.69, 9.17) is 21.7 Å². The zero-order chi connectivity index (χ0) is 13.2. The highest BCUT2D eigenvalue weighted by Crippen LogP contribution is 2.33. The Labute approximate surface area is 118 Å². The molecule has 2 aliphatic rings. The molecular weight excluding hydrogens is 260 g/mol. The smallest absolute Gasteiger partial charge is 0.231 e. The van der Waals surface area contributed by atoms with Crippen LogP contribution < -0.4 is 20.1 Å². The largest absolute Gasteiger partial charge is 0.454 e. The van der Waals surface area contributed by atoms with Gasteiger partial charge in [0.1, 0.15) is 0 Å². The van der Waals surface area contributed by atoms with Crippen molar-refractivity contribution in [3.8, 4) is 11.5 Å². The Kier molecular flexibility index (Phi) is 3.46. The predicted molar refractivity (Wildman–Crippen MR) is 77.3 cm³/mol. The number of thiocarbonyl (C=S) groups is 1.